The fraction of sp³-hybridized carbons (Fsp3) is 0.480. The lowest BCUT2D eigenvalue weighted by atomic mass is 9.96. The van der Waals surface area contributed by atoms with Gasteiger partial charge in [0.15, 0.2) is 0 Å². The summed E-state index contributed by atoms with van der Waals surface area (Å²) in [5.41, 5.74) is 1.90. The molecule has 2 aromatic rings. The molecule has 1 aromatic heterocycles. The maximum Gasteiger partial charge on any atom is 0.244 e. The Labute approximate surface area is 195 Å². The standard InChI is InChI=1S/C25H30N4O3S/c1-19-11-16-29(24(17-19)27-22-8-3-2-4-9-22)25(30)20-12-14-28(15-13-20)33(31,32)23-10-6-5-7-21(23)18-26/h5-7,10-11,16-17,20,22H,2-4,8-9,12-15H2,1H3. The number of carbonyl (C=O) groups excluding carboxylic acids is 1. The van der Waals surface area contributed by atoms with Crippen molar-refractivity contribution in [1.29, 1.82) is 5.26 Å². The number of sulfonamides is 1. The summed E-state index contributed by atoms with van der Waals surface area (Å²) in [5, 5.41) is 9.29. The predicted octanol–water partition coefficient (Wildman–Crippen LogP) is 3.64. The summed E-state index contributed by atoms with van der Waals surface area (Å²) in [6.45, 7) is 2.50. The molecule has 0 unspecified atom stereocenters. The van der Waals surface area contributed by atoms with Gasteiger partial charge in [-0.05, 0) is 62.4 Å². The van der Waals surface area contributed by atoms with Crippen molar-refractivity contribution in [3.8, 4) is 6.07 Å². The molecule has 2 aliphatic rings. The third-order valence-corrected chi connectivity index (χ3v) is 8.60. The van der Waals surface area contributed by atoms with Gasteiger partial charge in [0.05, 0.1) is 16.5 Å². The summed E-state index contributed by atoms with van der Waals surface area (Å²) in [7, 11) is -3.78. The first-order valence-corrected chi connectivity index (χ1v) is 13.1. The van der Waals surface area contributed by atoms with Crippen LogP contribution in [0.3, 0.4) is 0 Å². The molecule has 4 rings (SSSR count). The Balaban J connectivity index is 1.51. The average Bonchev–Trinajstić information content (AvgIpc) is 2.84. The minimum Gasteiger partial charge on any atom is -0.274 e. The number of nitriles is 1. The summed E-state index contributed by atoms with van der Waals surface area (Å²) in [6, 6.07) is 12.3. The molecule has 1 aliphatic heterocycles. The first-order valence-electron chi connectivity index (χ1n) is 11.7. The average molecular weight is 467 g/mol. The van der Waals surface area contributed by atoms with Crippen LogP contribution in [-0.4, -0.2) is 42.3 Å². The minimum absolute atomic E-state index is 0.0266. The predicted molar refractivity (Wildman–Crippen MR) is 125 cm³/mol. The zero-order chi connectivity index (χ0) is 23.4. The Bertz CT molecular complexity index is 1230. The van der Waals surface area contributed by atoms with Gasteiger partial charge in [-0.25, -0.2) is 8.42 Å². The van der Waals surface area contributed by atoms with Crippen molar-refractivity contribution in [3.63, 3.8) is 0 Å². The molecule has 0 radical (unpaired) electrons. The highest BCUT2D eigenvalue weighted by Crippen LogP contribution is 2.26. The first kappa shape index (κ1) is 23.4. The molecular formula is C25H30N4O3S. The van der Waals surface area contributed by atoms with Crippen LogP contribution in [0.1, 0.15) is 60.9 Å². The molecule has 2 fully saturated rings. The largest absolute Gasteiger partial charge is 0.274 e. The van der Waals surface area contributed by atoms with Crippen molar-refractivity contribution in [3.05, 3.63) is 59.2 Å². The van der Waals surface area contributed by atoms with Gasteiger partial charge in [-0.2, -0.15) is 9.57 Å². The van der Waals surface area contributed by atoms with Crippen molar-refractivity contribution < 1.29 is 13.2 Å². The van der Waals surface area contributed by atoms with E-state index >= 15 is 0 Å². The van der Waals surface area contributed by atoms with E-state index in [1.807, 2.05) is 25.1 Å². The van der Waals surface area contributed by atoms with Gasteiger partial charge in [-0.3, -0.25) is 14.4 Å². The highest BCUT2D eigenvalue weighted by molar-refractivity contribution is 7.89. The van der Waals surface area contributed by atoms with Gasteiger partial charge in [0.25, 0.3) is 0 Å². The number of hydrogen-bond donors (Lipinski definition) is 0. The molecule has 8 heteroatoms. The molecule has 1 aromatic carbocycles. The van der Waals surface area contributed by atoms with E-state index in [4.69, 9.17) is 4.99 Å². The van der Waals surface area contributed by atoms with Gasteiger partial charge in [0.1, 0.15) is 11.6 Å². The number of nitrogens with zero attached hydrogens (tertiary/aromatic N) is 4. The van der Waals surface area contributed by atoms with Gasteiger partial charge >= 0.3 is 0 Å². The monoisotopic (exact) mass is 466 g/mol. The van der Waals surface area contributed by atoms with Crippen LogP contribution in [0, 0.1) is 24.2 Å². The van der Waals surface area contributed by atoms with Crippen LogP contribution in [0.2, 0.25) is 0 Å². The SMILES string of the molecule is Cc1ccn(C(=O)C2CCN(S(=O)(=O)c3ccccc3C#N)CC2)c(=NC2CCCCC2)c1. The number of rotatable bonds is 4. The molecule has 1 saturated carbocycles. The van der Waals surface area contributed by atoms with Crippen molar-refractivity contribution in [2.24, 2.45) is 10.9 Å². The lowest BCUT2D eigenvalue weighted by Gasteiger charge is -2.31. The quantitative estimate of drug-likeness (QED) is 0.687. The van der Waals surface area contributed by atoms with Gasteiger partial charge in [-0.1, -0.05) is 31.4 Å². The first-order chi connectivity index (χ1) is 15.9. The zero-order valence-electron chi connectivity index (χ0n) is 19.0. The Hall–Kier alpha value is -2.76. The molecule has 0 N–H and O–H groups in total. The number of benzene rings is 1. The maximum absolute atomic E-state index is 13.4. The fourth-order valence-corrected chi connectivity index (χ4v) is 6.35. The molecule has 7 nitrogen and oxygen atoms in total. The molecule has 0 amide bonds. The van der Waals surface area contributed by atoms with E-state index < -0.39 is 10.0 Å². The number of carbonyl (C=O) groups is 1. The van der Waals surface area contributed by atoms with E-state index in [9.17, 15) is 18.5 Å². The van der Waals surface area contributed by atoms with Gasteiger partial charge < -0.3 is 0 Å². The lowest BCUT2D eigenvalue weighted by Crippen LogP contribution is -2.43. The highest BCUT2D eigenvalue weighted by Gasteiger charge is 2.33. The Kier molecular flexibility index (Phi) is 7.11. The molecule has 0 bridgehead atoms. The van der Waals surface area contributed by atoms with Gasteiger partial charge in [0.2, 0.25) is 15.9 Å². The van der Waals surface area contributed by atoms with Crippen LogP contribution in [0.5, 0.6) is 0 Å². The minimum atomic E-state index is -3.78. The number of aromatic nitrogens is 1. The Morgan fingerprint density at radius 3 is 2.45 bits per heavy atom. The zero-order valence-corrected chi connectivity index (χ0v) is 19.8. The smallest absolute Gasteiger partial charge is 0.244 e. The van der Waals surface area contributed by atoms with E-state index in [-0.39, 0.29) is 41.4 Å². The molecule has 2 heterocycles. The topological polar surface area (TPSA) is 95.5 Å². The second kappa shape index (κ2) is 10.0. The molecule has 0 spiro atoms. The Morgan fingerprint density at radius 1 is 1.06 bits per heavy atom. The summed E-state index contributed by atoms with van der Waals surface area (Å²) in [5.74, 6) is -0.297. The van der Waals surface area contributed by atoms with Crippen LogP contribution >= 0.6 is 0 Å². The van der Waals surface area contributed by atoms with Crippen molar-refractivity contribution >= 4 is 15.9 Å². The lowest BCUT2D eigenvalue weighted by molar-refractivity contribution is 0.0780. The second-order valence-electron chi connectivity index (χ2n) is 8.98. The van der Waals surface area contributed by atoms with Crippen LogP contribution in [0.4, 0.5) is 0 Å². The molecular weight excluding hydrogens is 436 g/mol. The van der Waals surface area contributed by atoms with Gasteiger partial charge in [0, 0.05) is 25.2 Å². The molecule has 1 saturated heterocycles. The highest BCUT2D eigenvalue weighted by atomic mass is 32.2. The van der Waals surface area contributed by atoms with E-state index in [0.29, 0.717) is 18.3 Å². The second-order valence-corrected chi connectivity index (χ2v) is 10.9. The number of aryl methyl sites for hydroxylation is 1. The maximum atomic E-state index is 13.4. The number of piperidine rings is 1. The summed E-state index contributed by atoms with van der Waals surface area (Å²) < 4.78 is 29.2. The summed E-state index contributed by atoms with van der Waals surface area (Å²) >= 11 is 0. The van der Waals surface area contributed by atoms with Crippen LogP contribution < -0.4 is 5.49 Å². The summed E-state index contributed by atoms with van der Waals surface area (Å²) in [4.78, 5) is 18.3. The Morgan fingerprint density at radius 2 is 1.76 bits per heavy atom. The van der Waals surface area contributed by atoms with E-state index in [1.54, 1.807) is 22.9 Å². The third-order valence-electron chi connectivity index (χ3n) is 6.65. The van der Waals surface area contributed by atoms with Crippen LogP contribution in [0.15, 0.2) is 52.5 Å². The van der Waals surface area contributed by atoms with Crippen molar-refractivity contribution in [1.82, 2.24) is 8.87 Å². The molecule has 174 valence electrons. The normalized spacial score (nSPS) is 19.3. The number of pyridine rings is 1. The van der Waals surface area contributed by atoms with E-state index in [0.717, 1.165) is 18.4 Å². The van der Waals surface area contributed by atoms with Crippen LogP contribution in [0.25, 0.3) is 0 Å². The number of hydrogen-bond acceptors (Lipinski definition) is 5. The molecule has 0 atom stereocenters. The van der Waals surface area contributed by atoms with Crippen molar-refractivity contribution in [2.45, 2.75) is 62.8 Å². The van der Waals surface area contributed by atoms with Crippen LogP contribution in [-0.2, 0) is 10.0 Å². The van der Waals surface area contributed by atoms with E-state index in [2.05, 4.69) is 0 Å². The third kappa shape index (κ3) is 5.10. The van der Waals surface area contributed by atoms with E-state index in [1.165, 1.54) is 35.7 Å². The molecule has 33 heavy (non-hydrogen) atoms. The summed E-state index contributed by atoms with van der Waals surface area (Å²) in [6.07, 6.45) is 8.40. The molecule has 1 aliphatic carbocycles. The van der Waals surface area contributed by atoms with Gasteiger partial charge in [-0.15, -0.1) is 0 Å². The fourth-order valence-electron chi connectivity index (χ4n) is 4.74. The van der Waals surface area contributed by atoms with Crippen molar-refractivity contribution in [2.75, 3.05) is 13.1 Å².